The van der Waals surface area contributed by atoms with Crippen LogP contribution in [0.25, 0.3) is 0 Å². The first-order valence-corrected chi connectivity index (χ1v) is 8.64. The van der Waals surface area contributed by atoms with Gasteiger partial charge in [0.25, 0.3) is 0 Å². The second-order valence-electron chi connectivity index (χ2n) is 5.89. The monoisotopic (exact) mass is 311 g/mol. The second kappa shape index (κ2) is 10.4. The number of hydrogen-bond acceptors (Lipinski definition) is 3. The maximum Gasteiger partial charge on any atom is 0.217 e. The highest BCUT2D eigenvalue weighted by molar-refractivity contribution is 5.80. The van der Waals surface area contributed by atoms with Gasteiger partial charge in [0.15, 0.2) is 5.96 Å². The lowest BCUT2D eigenvalue weighted by atomic mass is 9.95. The summed E-state index contributed by atoms with van der Waals surface area (Å²) in [7, 11) is 0. The number of guanidine groups is 1. The van der Waals surface area contributed by atoms with Gasteiger partial charge in [0.05, 0.1) is 6.54 Å². The van der Waals surface area contributed by atoms with Gasteiger partial charge in [0.2, 0.25) is 5.91 Å². The molecule has 22 heavy (non-hydrogen) atoms. The average Bonchev–Trinajstić information content (AvgIpc) is 2.50. The fraction of sp³-hybridized carbons (Fsp3) is 0.875. The zero-order valence-corrected chi connectivity index (χ0v) is 14.5. The molecule has 0 saturated carbocycles. The van der Waals surface area contributed by atoms with Crippen molar-refractivity contribution in [2.24, 2.45) is 16.6 Å². The van der Waals surface area contributed by atoms with E-state index in [1.165, 1.54) is 0 Å². The van der Waals surface area contributed by atoms with Gasteiger partial charge in [-0.15, -0.1) is 0 Å². The molecule has 0 aromatic rings. The summed E-state index contributed by atoms with van der Waals surface area (Å²) in [5.74, 6) is 1.14. The van der Waals surface area contributed by atoms with Crippen LogP contribution >= 0.6 is 0 Å². The van der Waals surface area contributed by atoms with Crippen molar-refractivity contribution in [3.05, 3.63) is 0 Å². The maximum absolute atomic E-state index is 11.1. The molecule has 1 heterocycles. The van der Waals surface area contributed by atoms with Crippen molar-refractivity contribution in [3.8, 4) is 0 Å². The van der Waals surface area contributed by atoms with Crippen molar-refractivity contribution in [1.82, 2.24) is 15.1 Å². The highest BCUT2D eigenvalue weighted by Crippen LogP contribution is 2.19. The van der Waals surface area contributed by atoms with Crippen LogP contribution in [0.3, 0.4) is 0 Å². The average molecular weight is 311 g/mol. The fourth-order valence-electron chi connectivity index (χ4n) is 2.97. The fourth-order valence-corrected chi connectivity index (χ4v) is 2.97. The zero-order valence-electron chi connectivity index (χ0n) is 14.5. The number of piperidine rings is 1. The quantitative estimate of drug-likeness (QED) is 0.515. The Bertz CT molecular complexity index is 354. The Morgan fingerprint density at radius 2 is 2.09 bits per heavy atom. The van der Waals surface area contributed by atoms with Crippen LogP contribution in [-0.2, 0) is 4.79 Å². The van der Waals surface area contributed by atoms with Crippen LogP contribution in [0.5, 0.6) is 0 Å². The first-order chi connectivity index (χ1) is 10.6. The summed E-state index contributed by atoms with van der Waals surface area (Å²) in [5.41, 5.74) is 5.34. The molecule has 1 rings (SSSR count). The Labute approximate surface area is 135 Å². The van der Waals surface area contributed by atoms with E-state index in [0.29, 0.717) is 12.3 Å². The van der Waals surface area contributed by atoms with Gasteiger partial charge in [-0.3, -0.25) is 9.79 Å². The Balaban J connectivity index is 2.58. The standard InChI is InChI=1S/C16H33N5O/c1-4-18-16(19-9-11-20(5-2)6-3)21-10-7-8-14(13-21)12-15(17)22/h14H,4-13H2,1-3H3,(H2,17,22)(H,18,19). The number of nitrogens with two attached hydrogens (primary N) is 1. The summed E-state index contributed by atoms with van der Waals surface area (Å²) >= 11 is 0. The second-order valence-corrected chi connectivity index (χ2v) is 5.89. The summed E-state index contributed by atoms with van der Waals surface area (Å²) in [6.45, 7) is 13.1. The molecule has 1 saturated heterocycles. The van der Waals surface area contributed by atoms with Gasteiger partial charge in [0.1, 0.15) is 0 Å². The Morgan fingerprint density at radius 1 is 1.36 bits per heavy atom. The highest BCUT2D eigenvalue weighted by atomic mass is 16.1. The number of carbonyl (C=O) groups excluding carboxylic acids is 1. The molecule has 0 aliphatic carbocycles. The predicted octanol–water partition coefficient (Wildman–Crippen LogP) is 0.881. The number of carbonyl (C=O) groups is 1. The lowest BCUT2D eigenvalue weighted by Crippen LogP contribution is -2.47. The van der Waals surface area contributed by atoms with Crippen molar-refractivity contribution in [3.63, 3.8) is 0 Å². The number of likely N-dealkylation sites (N-methyl/N-ethyl adjacent to an activating group) is 1. The van der Waals surface area contributed by atoms with Crippen molar-refractivity contribution >= 4 is 11.9 Å². The minimum absolute atomic E-state index is 0.199. The molecule has 128 valence electrons. The molecule has 0 spiro atoms. The van der Waals surface area contributed by atoms with Crippen LogP contribution in [-0.4, -0.2) is 67.5 Å². The van der Waals surface area contributed by atoms with E-state index >= 15 is 0 Å². The van der Waals surface area contributed by atoms with Gasteiger partial charge < -0.3 is 20.9 Å². The number of primary amides is 1. The van der Waals surface area contributed by atoms with Crippen LogP contribution in [0.2, 0.25) is 0 Å². The number of likely N-dealkylation sites (tertiary alicyclic amines) is 1. The third-order valence-corrected chi connectivity index (χ3v) is 4.22. The number of nitrogens with one attached hydrogen (secondary N) is 1. The van der Waals surface area contributed by atoms with Crippen LogP contribution in [0.4, 0.5) is 0 Å². The van der Waals surface area contributed by atoms with Crippen molar-refractivity contribution in [2.75, 3.05) is 45.8 Å². The molecule has 0 aromatic carbocycles. The molecule has 0 bridgehead atoms. The smallest absolute Gasteiger partial charge is 0.217 e. The van der Waals surface area contributed by atoms with Gasteiger partial charge in [0, 0.05) is 32.6 Å². The summed E-state index contributed by atoms with van der Waals surface area (Å²) in [6.07, 6.45) is 2.66. The SMILES string of the molecule is CCNC(=NCCN(CC)CC)N1CCCC(CC(N)=O)C1. The largest absolute Gasteiger partial charge is 0.370 e. The molecule has 3 N–H and O–H groups in total. The lowest BCUT2D eigenvalue weighted by molar-refractivity contribution is -0.119. The molecule has 0 aromatic heterocycles. The number of nitrogens with zero attached hydrogens (tertiary/aromatic N) is 3. The van der Waals surface area contributed by atoms with E-state index in [2.05, 4.69) is 35.9 Å². The number of aliphatic imine (C=N–C) groups is 1. The van der Waals surface area contributed by atoms with Crippen LogP contribution in [0.15, 0.2) is 4.99 Å². The lowest BCUT2D eigenvalue weighted by Gasteiger charge is -2.34. The van der Waals surface area contributed by atoms with E-state index in [4.69, 9.17) is 10.7 Å². The van der Waals surface area contributed by atoms with Crippen molar-refractivity contribution in [2.45, 2.75) is 40.0 Å². The summed E-state index contributed by atoms with van der Waals surface area (Å²) in [5, 5.41) is 3.38. The maximum atomic E-state index is 11.1. The first kappa shape index (κ1) is 18.7. The Morgan fingerprint density at radius 3 is 2.68 bits per heavy atom. The number of amides is 1. The molecule has 1 aliphatic heterocycles. The third-order valence-electron chi connectivity index (χ3n) is 4.22. The third kappa shape index (κ3) is 6.64. The number of hydrogen-bond donors (Lipinski definition) is 2. The first-order valence-electron chi connectivity index (χ1n) is 8.64. The summed E-state index contributed by atoms with van der Waals surface area (Å²) in [4.78, 5) is 20.6. The minimum atomic E-state index is -0.199. The van der Waals surface area contributed by atoms with Crippen molar-refractivity contribution in [1.29, 1.82) is 0 Å². The Kier molecular flexibility index (Phi) is 8.89. The molecular weight excluding hydrogens is 278 g/mol. The van der Waals surface area contributed by atoms with Crippen molar-refractivity contribution < 1.29 is 4.79 Å². The molecule has 1 unspecified atom stereocenters. The molecule has 1 aliphatic rings. The summed E-state index contributed by atoms with van der Waals surface area (Å²) < 4.78 is 0. The Hall–Kier alpha value is -1.30. The molecule has 6 heteroatoms. The molecule has 1 fully saturated rings. The van der Waals surface area contributed by atoms with Gasteiger partial charge in [-0.25, -0.2) is 0 Å². The summed E-state index contributed by atoms with van der Waals surface area (Å²) in [6, 6.07) is 0. The van der Waals surface area contributed by atoms with Gasteiger partial charge in [-0.1, -0.05) is 13.8 Å². The molecule has 1 atom stereocenters. The topological polar surface area (TPSA) is 74.0 Å². The molecule has 1 amide bonds. The molecule has 0 radical (unpaired) electrons. The minimum Gasteiger partial charge on any atom is -0.370 e. The predicted molar refractivity (Wildman–Crippen MR) is 91.9 cm³/mol. The van der Waals surface area contributed by atoms with E-state index < -0.39 is 0 Å². The number of rotatable bonds is 8. The van der Waals surface area contributed by atoms with E-state index in [-0.39, 0.29) is 5.91 Å². The van der Waals surface area contributed by atoms with Gasteiger partial charge in [-0.05, 0) is 38.8 Å². The van der Waals surface area contributed by atoms with Crippen LogP contribution in [0.1, 0.15) is 40.0 Å². The normalized spacial score (nSPS) is 19.5. The molecule has 6 nitrogen and oxygen atoms in total. The van der Waals surface area contributed by atoms with Crippen LogP contribution < -0.4 is 11.1 Å². The molecular formula is C16H33N5O. The van der Waals surface area contributed by atoms with Gasteiger partial charge in [-0.2, -0.15) is 0 Å². The van der Waals surface area contributed by atoms with E-state index in [1.807, 2.05) is 0 Å². The van der Waals surface area contributed by atoms with Crippen LogP contribution in [0, 0.1) is 5.92 Å². The zero-order chi connectivity index (χ0) is 16.4. The van der Waals surface area contributed by atoms with Gasteiger partial charge >= 0.3 is 0 Å². The van der Waals surface area contributed by atoms with E-state index in [9.17, 15) is 4.79 Å². The highest BCUT2D eigenvalue weighted by Gasteiger charge is 2.23. The van der Waals surface area contributed by atoms with E-state index in [1.54, 1.807) is 0 Å². The van der Waals surface area contributed by atoms with E-state index in [0.717, 1.165) is 64.6 Å².